The Labute approximate surface area is 160 Å². The molecule has 0 amide bonds. The minimum absolute atomic E-state index is 0.255. The van der Waals surface area contributed by atoms with Gasteiger partial charge in [0.05, 0.1) is 0 Å². The van der Waals surface area contributed by atoms with Crippen molar-refractivity contribution in [1.82, 2.24) is 0 Å². The van der Waals surface area contributed by atoms with Crippen molar-refractivity contribution in [3.63, 3.8) is 0 Å². The molecule has 27 heavy (non-hydrogen) atoms. The van der Waals surface area contributed by atoms with Crippen LogP contribution in [0.15, 0.2) is 91.0 Å². The van der Waals surface area contributed by atoms with Crippen LogP contribution in [0.4, 0.5) is 0 Å². The summed E-state index contributed by atoms with van der Waals surface area (Å²) < 4.78 is 0. The number of aliphatic carboxylic acids is 1. The summed E-state index contributed by atoms with van der Waals surface area (Å²) in [4.78, 5) is 11.7. The predicted molar refractivity (Wildman–Crippen MR) is 113 cm³/mol. The van der Waals surface area contributed by atoms with Gasteiger partial charge in [0.15, 0.2) is 11.0 Å². The molecule has 1 fully saturated rings. The van der Waals surface area contributed by atoms with E-state index in [2.05, 4.69) is 72.8 Å². The van der Waals surface area contributed by atoms with Gasteiger partial charge in [-0.3, -0.25) is 0 Å². The highest BCUT2D eigenvalue weighted by Crippen LogP contribution is 2.66. The molecule has 1 aliphatic rings. The standard InChI is InChI=1S/C24H21O2P/c25-23(26)18-27-17-16-22(19-10-4-1-5-11-19)24(27,20-12-6-2-7-13-20)21-14-8-3-9-15-21/h1-15,18,22H,16-17H2/p+1. The molecular formula is C24H22O2P+. The van der Waals surface area contributed by atoms with E-state index in [-0.39, 0.29) is 11.1 Å². The normalized spacial score (nSPS) is 19.9. The zero-order valence-corrected chi connectivity index (χ0v) is 15.9. The van der Waals surface area contributed by atoms with Crippen molar-refractivity contribution in [2.45, 2.75) is 17.5 Å². The number of carboxylic acids is 1. The van der Waals surface area contributed by atoms with Gasteiger partial charge in [-0.25, -0.2) is 4.79 Å². The van der Waals surface area contributed by atoms with Crippen LogP contribution in [0.2, 0.25) is 0 Å². The maximum atomic E-state index is 11.7. The third kappa shape index (κ3) is 3.11. The molecule has 0 aromatic heterocycles. The van der Waals surface area contributed by atoms with Gasteiger partial charge >= 0.3 is 5.97 Å². The SMILES string of the molecule is O=C(O)C=[P+]1CCC(c2ccccc2)C1(c1ccccc1)c1ccccc1. The molecule has 1 saturated heterocycles. The van der Waals surface area contributed by atoms with Crippen LogP contribution in [0.1, 0.15) is 29.0 Å². The average molecular weight is 373 g/mol. The van der Waals surface area contributed by atoms with Crippen LogP contribution in [0.5, 0.6) is 0 Å². The molecule has 0 saturated carbocycles. The van der Waals surface area contributed by atoms with Gasteiger partial charge in [-0.2, -0.15) is 0 Å². The van der Waals surface area contributed by atoms with Crippen molar-refractivity contribution >= 4 is 19.3 Å². The number of carbonyl (C=O) groups is 1. The van der Waals surface area contributed by atoms with E-state index in [9.17, 15) is 9.90 Å². The average Bonchev–Trinajstić information content (AvgIpc) is 3.09. The molecule has 3 aromatic rings. The van der Waals surface area contributed by atoms with Crippen LogP contribution in [0.25, 0.3) is 0 Å². The molecule has 0 aliphatic carbocycles. The lowest BCUT2D eigenvalue weighted by molar-refractivity contribution is -0.128. The first kappa shape index (κ1) is 17.7. The molecule has 4 rings (SSSR count). The van der Waals surface area contributed by atoms with Gasteiger partial charge in [-0.1, -0.05) is 91.0 Å². The number of hydrogen-bond acceptors (Lipinski definition) is 1. The minimum Gasteiger partial charge on any atom is -0.475 e. The Morgan fingerprint density at radius 1 is 0.852 bits per heavy atom. The van der Waals surface area contributed by atoms with Crippen LogP contribution in [0.3, 0.4) is 0 Å². The summed E-state index contributed by atoms with van der Waals surface area (Å²) >= 11 is 0. The molecule has 3 heteroatoms. The number of carboxylic acid groups (broad SMARTS) is 1. The summed E-state index contributed by atoms with van der Waals surface area (Å²) in [6.45, 7) is 0. The van der Waals surface area contributed by atoms with E-state index in [0.29, 0.717) is 0 Å². The number of benzene rings is 3. The third-order valence-electron chi connectivity index (χ3n) is 5.51. The zero-order chi connectivity index (χ0) is 18.7. The van der Waals surface area contributed by atoms with Crippen molar-refractivity contribution in [1.29, 1.82) is 0 Å². The molecule has 1 heterocycles. The maximum Gasteiger partial charge on any atom is 0.370 e. The lowest BCUT2D eigenvalue weighted by Gasteiger charge is -2.31. The predicted octanol–water partition coefficient (Wildman–Crippen LogP) is 5.49. The van der Waals surface area contributed by atoms with Crippen LogP contribution < -0.4 is 0 Å². The Morgan fingerprint density at radius 2 is 1.33 bits per heavy atom. The molecule has 1 N–H and O–H groups in total. The molecule has 2 unspecified atom stereocenters. The van der Waals surface area contributed by atoms with E-state index in [0.717, 1.165) is 12.6 Å². The van der Waals surface area contributed by atoms with Crippen molar-refractivity contribution in [3.8, 4) is 0 Å². The second kappa shape index (κ2) is 7.50. The molecule has 2 nitrogen and oxygen atoms in total. The molecule has 0 bridgehead atoms. The molecule has 0 spiro atoms. The van der Waals surface area contributed by atoms with Crippen molar-refractivity contribution in [2.75, 3.05) is 6.16 Å². The van der Waals surface area contributed by atoms with E-state index in [1.54, 1.807) is 5.80 Å². The van der Waals surface area contributed by atoms with Crippen molar-refractivity contribution in [2.24, 2.45) is 0 Å². The maximum absolute atomic E-state index is 11.7. The fraction of sp³-hybridized carbons (Fsp3) is 0.167. The largest absolute Gasteiger partial charge is 0.475 e. The summed E-state index contributed by atoms with van der Waals surface area (Å²) in [6, 6.07) is 31.5. The highest BCUT2D eigenvalue weighted by Gasteiger charge is 2.58. The van der Waals surface area contributed by atoms with Gasteiger partial charge in [-0.05, 0) is 12.0 Å². The fourth-order valence-corrected chi connectivity index (χ4v) is 7.66. The highest BCUT2D eigenvalue weighted by atomic mass is 31.1. The Balaban J connectivity index is 2.05. The third-order valence-corrected chi connectivity index (χ3v) is 8.52. The quantitative estimate of drug-likeness (QED) is 0.614. The topological polar surface area (TPSA) is 37.3 Å². The van der Waals surface area contributed by atoms with Gasteiger partial charge in [0.2, 0.25) is 0 Å². The smallest absolute Gasteiger partial charge is 0.370 e. The van der Waals surface area contributed by atoms with Gasteiger partial charge in [0, 0.05) is 17.0 Å². The Hall–Kier alpha value is -2.70. The van der Waals surface area contributed by atoms with Crippen LogP contribution in [-0.4, -0.2) is 23.0 Å². The lowest BCUT2D eigenvalue weighted by Crippen LogP contribution is -2.28. The molecule has 2 atom stereocenters. The summed E-state index contributed by atoms with van der Waals surface area (Å²) in [5.41, 5.74) is 3.71. The molecule has 1 aliphatic heterocycles. The molecule has 3 aromatic carbocycles. The van der Waals surface area contributed by atoms with Crippen molar-refractivity contribution < 1.29 is 9.90 Å². The minimum atomic E-state index is -0.872. The van der Waals surface area contributed by atoms with Crippen LogP contribution in [-0.2, 0) is 9.95 Å². The van der Waals surface area contributed by atoms with Crippen LogP contribution >= 0.6 is 7.55 Å². The summed E-state index contributed by atoms with van der Waals surface area (Å²) in [7, 11) is -0.872. The second-order valence-corrected chi connectivity index (χ2v) is 9.26. The Bertz CT molecular complexity index is 910. The number of hydrogen-bond donors (Lipinski definition) is 1. The summed E-state index contributed by atoms with van der Waals surface area (Å²) in [5.74, 6) is 1.02. The number of rotatable bonds is 4. The Morgan fingerprint density at radius 3 is 1.81 bits per heavy atom. The van der Waals surface area contributed by atoms with Gasteiger partial charge in [0.1, 0.15) is 13.7 Å². The first-order chi connectivity index (χ1) is 13.2. The van der Waals surface area contributed by atoms with E-state index >= 15 is 0 Å². The van der Waals surface area contributed by atoms with Crippen LogP contribution in [0, 0.1) is 0 Å². The monoisotopic (exact) mass is 373 g/mol. The van der Waals surface area contributed by atoms with Crippen molar-refractivity contribution in [3.05, 3.63) is 108 Å². The van der Waals surface area contributed by atoms with Gasteiger partial charge < -0.3 is 5.11 Å². The second-order valence-electron chi connectivity index (χ2n) is 6.91. The van der Waals surface area contributed by atoms with E-state index in [1.165, 1.54) is 16.7 Å². The first-order valence-electron chi connectivity index (χ1n) is 9.23. The van der Waals surface area contributed by atoms with E-state index < -0.39 is 13.5 Å². The van der Waals surface area contributed by atoms with Gasteiger partial charge in [0.25, 0.3) is 0 Å². The first-order valence-corrected chi connectivity index (χ1v) is 10.8. The highest BCUT2D eigenvalue weighted by molar-refractivity contribution is 7.60. The zero-order valence-electron chi connectivity index (χ0n) is 15.0. The molecule has 134 valence electrons. The molecule has 0 radical (unpaired) electrons. The fourth-order valence-electron chi connectivity index (χ4n) is 4.53. The van der Waals surface area contributed by atoms with Gasteiger partial charge in [-0.15, -0.1) is 0 Å². The van der Waals surface area contributed by atoms with E-state index in [4.69, 9.17) is 0 Å². The lowest BCUT2D eigenvalue weighted by atomic mass is 9.75. The summed E-state index contributed by atoms with van der Waals surface area (Å²) in [5, 5.41) is 9.30. The summed E-state index contributed by atoms with van der Waals surface area (Å²) in [6.07, 6.45) is 1.91. The molecular weight excluding hydrogens is 351 g/mol. The van der Waals surface area contributed by atoms with E-state index in [1.807, 2.05) is 18.2 Å². The Kier molecular flexibility index (Phi) is 4.92.